The van der Waals surface area contributed by atoms with Crippen LogP contribution >= 0.6 is 0 Å². The van der Waals surface area contributed by atoms with E-state index < -0.39 is 0 Å². The maximum absolute atomic E-state index is 5.59. The van der Waals surface area contributed by atoms with E-state index in [9.17, 15) is 0 Å². The number of hydrogen-bond acceptors (Lipinski definition) is 2. The minimum atomic E-state index is 0.759. The SMILES string of the molecule is c1ccc(OCCNCCC2CCC2)cc1. The topological polar surface area (TPSA) is 21.3 Å². The number of nitrogens with one attached hydrogen (secondary N) is 1. The van der Waals surface area contributed by atoms with Crippen LogP contribution in [-0.4, -0.2) is 19.7 Å². The van der Waals surface area contributed by atoms with Crippen LogP contribution in [0, 0.1) is 5.92 Å². The molecule has 1 fully saturated rings. The Kier molecular flexibility index (Phi) is 4.69. The lowest BCUT2D eigenvalue weighted by Crippen LogP contribution is -2.25. The highest BCUT2D eigenvalue weighted by molar-refractivity contribution is 5.20. The smallest absolute Gasteiger partial charge is 0.119 e. The van der Waals surface area contributed by atoms with Gasteiger partial charge in [-0.2, -0.15) is 0 Å². The second-order valence-electron chi connectivity index (χ2n) is 4.50. The maximum atomic E-state index is 5.59. The Hall–Kier alpha value is -1.02. The molecule has 88 valence electrons. The molecule has 1 N–H and O–H groups in total. The van der Waals surface area contributed by atoms with E-state index >= 15 is 0 Å². The summed E-state index contributed by atoms with van der Waals surface area (Å²) in [7, 11) is 0. The van der Waals surface area contributed by atoms with E-state index in [1.54, 1.807) is 0 Å². The first-order chi connectivity index (χ1) is 7.95. The summed E-state index contributed by atoms with van der Waals surface area (Å²) in [6, 6.07) is 9.99. The Morgan fingerprint density at radius 3 is 2.62 bits per heavy atom. The van der Waals surface area contributed by atoms with Crippen LogP contribution in [0.15, 0.2) is 30.3 Å². The average molecular weight is 219 g/mol. The van der Waals surface area contributed by atoms with Gasteiger partial charge in [0.15, 0.2) is 0 Å². The summed E-state index contributed by atoms with van der Waals surface area (Å²) in [4.78, 5) is 0. The lowest BCUT2D eigenvalue weighted by Gasteiger charge is -2.25. The van der Waals surface area contributed by atoms with Gasteiger partial charge in [-0.15, -0.1) is 0 Å². The van der Waals surface area contributed by atoms with E-state index in [1.807, 2.05) is 30.3 Å². The minimum Gasteiger partial charge on any atom is -0.492 e. The first kappa shape index (κ1) is 11.5. The summed E-state index contributed by atoms with van der Waals surface area (Å²) in [6.07, 6.45) is 5.68. The molecular weight excluding hydrogens is 198 g/mol. The third kappa shape index (κ3) is 3.86. The minimum absolute atomic E-state index is 0.759. The number of benzene rings is 1. The van der Waals surface area contributed by atoms with Crippen LogP contribution in [0.3, 0.4) is 0 Å². The molecule has 16 heavy (non-hydrogen) atoms. The first-order valence-electron chi connectivity index (χ1n) is 6.34. The zero-order valence-corrected chi connectivity index (χ0v) is 9.82. The summed E-state index contributed by atoms with van der Waals surface area (Å²) < 4.78 is 5.59. The molecule has 0 aliphatic heterocycles. The van der Waals surface area contributed by atoms with Crippen molar-refractivity contribution in [2.75, 3.05) is 19.7 Å². The van der Waals surface area contributed by atoms with E-state index in [4.69, 9.17) is 4.74 Å². The van der Waals surface area contributed by atoms with Crippen molar-refractivity contribution in [3.8, 4) is 5.75 Å². The fraction of sp³-hybridized carbons (Fsp3) is 0.571. The maximum Gasteiger partial charge on any atom is 0.119 e. The third-order valence-corrected chi connectivity index (χ3v) is 3.24. The van der Waals surface area contributed by atoms with Gasteiger partial charge >= 0.3 is 0 Å². The van der Waals surface area contributed by atoms with Gasteiger partial charge in [0.25, 0.3) is 0 Å². The van der Waals surface area contributed by atoms with Crippen molar-refractivity contribution in [2.24, 2.45) is 5.92 Å². The van der Waals surface area contributed by atoms with E-state index in [0.29, 0.717) is 0 Å². The van der Waals surface area contributed by atoms with Crippen LogP contribution in [0.25, 0.3) is 0 Å². The van der Waals surface area contributed by atoms with Gasteiger partial charge < -0.3 is 10.1 Å². The van der Waals surface area contributed by atoms with Gasteiger partial charge in [-0.05, 0) is 31.0 Å². The fourth-order valence-electron chi connectivity index (χ4n) is 1.97. The van der Waals surface area contributed by atoms with Gasteiger partial charge in [-0.1, -0.05) is 37.5 Å². The molecule has 0 heterocycles. The van der Waals surface area contributed by atoms with Crippen LogP contribution in [0.1, 0.15) is 25.7 Å². The normalized spacial score (nSPS) is 15.8. The van der Waals surface area contributed by atoms with E-state index in [0.717, 1.165) is 31.4 Å². The lowest BCUT2D eigenvalue weighted by molar-refractivity contribution is 0.280. The predicted octanol–water partition coefficient (Wildman–Crippen LogP) is 2.85. The summed E-state index contributed by atoms with van der Waals surface area (Å²) in [5.74, 6) is 1.96. The zero-order chi connectivity index (χ0) is 11.1. The third-order valence-electron chi connectivity index (χ3n) is 3.24. The van der Waals surface area contributed by atoms with Gasteiger partial charge in [0.2, 0.25) is 0 Å². The Balaban J connectivity index is 1.45. The van der Waals surface area contributed by atoms with Crippen molar-refractivity contribution in [1.29, 1.82) is 0 Å². The molecule has 1 aliphatic carbocycles. The van der Waals surface area contributed by atoms with Crippen molar-refractivity contribution in [3.63, 3.8) is 0 Å². The Labute approximate surface area is 98.0 Å². The van der Waals surface area contributed by atoms with Gasteiger partial charge in [-0.25, -0.2) is 0 Å². The second-order valence-corrected chi connectivity index (χ2v) is 4.50. The van der Waals surface area contributed by atoms with Crippen molar-refractivity contribution in [3.05, 3.63) is 30.3 Å². The number of ether oxygens (including phenoxy) is 1. The molecule has 0 unspecified atom stereocenters. The monoisotopic (exact) mass is 219 g/mol. The Morgan fingerprint density at radius 1 is 1.12 bits per heavy atom. The van der Waals surface area contributed by atoms with Crippen LogP contribution in [0.5, 0.6) is 5.75 Å². The number of hydrogen-bond donors (Lipinski definition) is 1. The second kappa shape index (κ2) is 6.54. The summed E-state index contributed by atoms with van der Waals surface area (Å²) in [5.41, 5.74) is 0. The largest absolute Gasteiger partial charge is 0.492 e. The molecule has 1 aliphatic rings. The van der Waals surface area contributed by atoms with Crippen LogP contribution in [0.2, 0.25) is 0 Å². The van der Waals surface area contributed by atoms with E-state index in [1.165, 1.54) is 25.7 Å². The van der Waals surface area contributed by atoms with Crippen molar-refractivity contribution < 1.29 is 4.74 Å². The Bertz CT molecular complexity index is 282. The quantitative estimate of drug-likeness (QED) is 0.712. The zero-order valence-electron chi connectivity index (χ0n) is 9.82. The molecule has 0 bridgehead atoms. The van der Waals surface area contributed by atoms with Gasteiger partial charge in [0, 0.05) is 6.54 Å². The molecule has 1 aromatic carbocycles. The molecule has 2 rings (SSSR count). The van der Waals surface area contributed by atoms with Gasteiger partial charge in [0.05, 0.1) is 0 Å². The van der Waals surface area contributed by atoms with Gasteiger partial charge in [0.1, 0.15) is 12.4 Å². The molecule has 1 aromatic rings. The van der Waals surface area contributed by atoms with E-state index in [-0.39, 0.29) is 0 Å². The molecule has 0 atom stereocenters. The van der Waals surface area contributed by atoms with Gasteiger partial charge in [-0.3, -0.25) is 0 Å². The highest BCUT2D eigenvalue weighted by atomic mass is 16.5. The van der Waals surface area contributed by atoms with Crippen molar-refractivity contribution >= 4 is 0 Å². The number of rotatable bonds is 7. The van der Waals surface area contributed by atoms with Crippen LogP contribution in [-0.2, 0) is 0 Å². The standard InChI is InChI=1S/C14H21NO/c1-2-7-14(8-3-1)16-12-11-15-10-9-13-5-4-6-13/h1-3,7-8,13,15H,4-6,9-12H2. The van der Waals surface area contributed by atoms with Crippen LogP contribution < -0.4 is 10.1 Å². The molecule has 2 heteroatoms. The summed E-state index contributed by atoms with van der Waals surface area (Å²) in [5, 5.41) is 3.43. The first-order valence-corrected chi connectivity index (χ1v) is 6.34. The van der Waals surface area contributed by atoms with Crippen molar-refractivity contribution in [1.82, 2.24) is 5.32 Å². The lowest BCUT2D eigenvalue weighted by atomic mass is 9.83. The summed E-state index contributed by atoms with van der Waals surface area (Å²) >= 11 is 0. The number of para-hydroxylation sites is 1. The molecular formula is C14H21NO. The molecule has 2 nitrogen and oxygen atoms in total. The predicted molar refractivity (Wildman–Crippen MR) is 66.8 cm³/mol. The summed E-state index contributed by atoms with van der Waals surface area (Å²) in [6.45, 7) is 2.85. The molecule has 0 aromatic heterocycles. The molecule has 0 saturated heterocycles. The van der Waals surface area contributed by atoms with Crippen molar-refractivity contribution in [2.45, 2.75) is 25.7 Å². The van der Waals surface area contributed by atoms with Crippen LogP contribution in [0.4, 0.5) is 0 Å². The fourth-order valence-corrected chi connectivity index (χ4v) is 1.97. The molecule has 0 amide bonds. The molecule has 0 radical (unpaired) electrons. The molecule has 0 spiro atoms. The van der Waals surface area contributed by atoms with E-state index in [2.05, 4.69) is 5.32 Å². The average Bonchev–Trinajstić information content (AvgIpc) is 2.27. The highest BCUT2D eigenvalue weighted by Gasteiger charge is 2.15. The highest BCUT2D eigenvalue weighted by Crippen LogP contribution is 2.28. The Morgan fingerprint density at radius 2 is 1.94 bits per heavy atom. The molecule has 1 saturated carbocycles.